The standard InChI is InChI=1S/2C9H18N2.2C8H16N2.2C7H15N.3C6H14N2.2C6H13N.C5H11NO.CH4/c1-10-5-7-11(8-6-10)9-3-2-4-9;1-10-6-7-11-5-3-2-4-9(11)8-10;1-9-4-6-10(7-5-9)8-2-3-8;1-9-5-6-10-4-2-3-8(10)7-9;1-7-3-5-8(2)6-4-7;1-8-6-4-2-3-5-7-8;3*1-7-3-5-8(2)6-4-7;1-6-2-4-7-5-3-6;1-7-5-3-2-4-6-7;1-6-2-4-7-5-3-6;/h2*9H,2-8H2,1H3;2*8H,2-7H2,1H3;7H,3-6H2,1-2H3;2-7H2,1H3;3*3-6H2,1-2H3;6-7H,2-5H2,1H3;2-6H2,1H3;2-5H2,1H3;1H4. The molecular formula is C84H181N19O. The van der Waals surface area contributed by atoms with Gasteiger partial charge in [-0.1, -0.05) is 53.4 Å². The van der Waals surface area contributed by atoms with Gasteiger partial charge in [-0.2, -0.15) is 0 Å². The smallest absolute Gasteiger partial charge is 0.0594 e. The summed E-state index contributed by atoms with van der Waals surface area (Å²) in [5, 5.41) is 3.32. The van der Waals surface area contributed by atoms with Gasteiger partial charge in [-0.25, -0.2) is 0 Å². The normalized spacial score (nSPS) is 28.5. The average molecular weight is 1470 g/mol. The summed E-state index contributed by atoms with van der Waals surface area (Å²) in [4.78, 5) is 44.0. The molecule has 104 heavy (non-hydrogen) atoms. The lowest BCUT2D eigenvalue weighted by molar-refractivity contribution is 0.0503. The van der Waals surface area contributed by atoms with Crippen LogP contribution in [0.25, 0.3) is 0 Å². The van der Waals surface area contributed by atoms with Crippen LogP contribution < -0.4 is 5.32 Å². The summed E-state index contributed by atoms with van der Waals surface area (Å²) in [5.41, 5.74) is 0. The number of fused-ring (bicyclic) bond motifs is 2. The lowest BCUT2D eigenvalue weighted by Crippen LogP contribution is -2.53. The molecule has 618 valence electrons. The summed E-state index contributed by atoms with van der Waals surface area (Å²) in [5.74, 6) is 1.95. The number of rotatable bonds is 2. The maximum atomic E-state index is 5.10. The van der Waals surface area contributed by atoms with Crippen LogP contribution in [-0.2, 0) is 4.74 Å². The third-order valence-electron chi connectivity index (χ3n) is 25.0. The molecule has 20 nitrogen and oxygen atoms in total. The topological polar surface area (TPSA) is 79.6 Å². The molecule has 0 aromatic carbocycles. The molecule has 2 atom stereocenters. The first-order chi connectivity index (χ1) is 49.7. The number of nitrogens with zero attached hydrogens (tertiary/aromatic N) is 18. The number of hydrogen-bond acceptors (Lipinski definition) is 20. The fourth-order valence-corrected chi connectivity index (χ4v) is 15.8. The molecule has 2 unspecified atom stereocenters. The molecule has 0 spiro atoms. The highest BCUT2D eigenvalue weighted by Crippen LogP contribution is 2.28. The molecule has 16 fully saturated rings. The van der Waals surface area contributed by atoms with E-state index in [2.05, 4.69) is 206 Å². The predicted octanol–water partition coefficient (Wildman–Crippen LogP) is 7.49. The highest BCUT2D eigenvalue weighted by atomic mass is 16.5. The van der Waals surface area contributed by atoms with Crippen molar-refractivity contribution in [3.8, 4) is 0 Å². The highest BCUT2D eigenvalue weighted by Gasteiger charge is 2.32. The molecular weight excluding hydrogens is 1290 g/mol. The van der Waals surface area contributed by atoms with Crippen molar-refractivity contribution >= 4 is 0 Å². The Bertz CT molecular complexity index is 1740. The van der Waals surface area contributed by atoms with Gasteiger partial charge in [0.15, 0.2) is 0 Å². The summed E-state index contributed by atoms with van der Waals surface area (Å²) in [6, 6.07) is 3.73. The van der Waals surface area contributed by atoms with Gasteiger partial charge in [-0.3, -0.25) is 19.6 Å². The van der Waals surface area contributed by atoms with Crippen molar-refractivity contribution in [3.63, 3.8) is 0 Å². The number of ether oxygens (including phenoxy) is 1. The van der Waals surface area contributed by atoms with Crippen molar-refractivity contribution in [1.82, 2.24) is 93.5 Å². The lowest BCUT2D eigenvalue weighted by Gasteiger charge is -2.42. The maximum Gasteiger partial charge on any atom is 0.0594 e. The first-order valence-electron chi connectivity index (χ1n) is 43.5. The van der Waals surface area contributed by atoms with E-state index in [1.807, 2.05) is 0 Å². The second-order valence-electron chi connectivity index (χ2n) is 35.3. The Morgan fingerprint density at radius 2 is 0.452 bits per heavy atom. The van der Waals surface area contributed by atoms with Gasteiger partial charge in [0.1, 0.15) is 0 Å². The summed E-state index contributed by atoms with van der Waals surface area (Å²) >= 11 is 0. The Labute approximate surface area is 647 Å². The van der Waals surface area contributed by atoms with Crippen LogP contribution in [0.1, 0.15) is 156 Å². The summed E-state index contributed by atoms with van der Waals surface area (Å²) in [7, 11) is 30.7. The second kappa shape index (κ2) is 58.1. The predicted molar refractivity (Wildman–Crippen MR) is 452 cm³/mol. The molecule has 1 N–H and O–H groups in total. The fraction of sp³-hybridized carbons (Fsp3) is 1.00. The van der Waals surface area contributed by atoms with Gasteiger partial charge < -0.3 is 78.7 Å². The van der Waals surface area contributed by atoms with Gasteiger partial charge in [-0.15, -0.1) is 0 Å². The zero-order valence-corrected chi connectivity index (χ0v) is 71.6. The van der Waals surface area contributed by atoms with Crippen molar-refractivity contribution in [2.24, 2.45) is 11.8 Å². The van der Waals surface area contributed by atoms with Crippen LogP contribution in [0.15, 0.2) is 0 Å². The zero-order chi connectivity index (χ0) is 74.4. The molecule has 0 amide bonds. The van der Waals surface area contributed by atoms with Crippen molar-refractivity contribution in [1.29, 1.82) is 0 Å². The van der Waals surface area contributed by atoms with Gasteiger partial charge in [0.2, 0.25) is 0 Å². The number of hydrogen-bond donors (Lipinski definition) is 1. The molecule has 14 saturated heterocycles. The number of piperidine rings is 4. The average Bonchev–Trinajstić information content (AvgIpc) is 1.33. The maximum absolute atomic E-state index is 5.10. The minimum absolute atomic E-state index is 0. The molecule has 14 aliphatic heterocycles. The molecule has 0 aromatic heterocycles. The molecule has 14 heterocycles. The fourth-order valence-electron chi connectivity index (χ4n) is 15.8. The first kappa shape index (κ1) is 95.6. The Balaban J connectivity index is 0.000000241. The molecule has 16 rings (SSSR count). The largest absolute Gasteiger partial charge is 0.379 e. The van der Waals surface area contributed by atoms with E-state index in [1.165, 1.54) is 370 Å². The number of likely N-dealkylation sites (N-methyl/N-ethyl adjacent to an activating group) is 11. The van der Waals surface area contributed by atoms with E-state index in [0.717, 1.165) is 62.3 Å². The Morgan fingerprint density at radius 1 is 0.202 bits per heavy atom. The van der Waals surface area contributed by atoms with Crippen LogP contribution in [0.4, 0.5) is 0 Å². The van der Waals surface area contributed by atoms with Crippen molar-refractivity contribution < 1.29 is 4.74 Å². The molecule has 0 bridgehead atoms. The molecule has 0 aromatic rings. The molecule has 20 heteroatoms. The van der Waals surface area contributed by atoms with Gasteiger partial charge in [0.25, 0.3) is 0 Å². The number of piperazine rings is 7. The minimum atomic E-state index is 0. The van der Waals surface area contributed by atoms with Crippen molar-refractivity contribution in [3.05, 3.63) is 0 Å². The summed E-state index contributed by atoms with van der Waals surface area (Å²) < 4.78 is 5.10. The second-order valence-corrected chi connectivity index (χ2v) is 35.3. The Kier molecular flexibility index (Phi) is 53.4. The molecule has 2 saturated carbocycles. The highest BCUT2D eigenvalue weighted by molar-refractivity contribution is 4.88. The van der Waals surface area contributed by atoms with Gasteiger partial charge in [0, 0.05) is 207 Å². The van der Waals surface area contributed by atoms with Crippen LogP contribution in [0.3, 0.4) is 0 Å². The third-order valence-corrected chi connectivity index (χ3v) is 25.0. The monoisotopic (exact) mass is 1470 g/mol. The minimum Gasteiger partial charge on any atom is -0.379 e. The third kappa shape index (κ3) is 46.3. The number of nitrogens with one attached hydrogen (secondary N) is 1. The zero-order valence-electron chi connectivity index (χ0n) is 71.6. The van der Waals surface area contributed by atoms with Crippen molar-refractivity contribution in [2.45, 2.75) is 180 Å². The van der Waals surface area contributed by atoms with E-state index in [0.29, 0.717) is 0 Å². The molecule has 0 radical (unpaired) electrons. The van der Waals surface area contributed by atoms with Crippen LogP contribution >= 0.6 is 0 Å². The van der Waals surface area contributed by atoms with E-state index in [4.69, 9.17) is 4.74 Å². The first-order valence-corrected chi connectivity index (χ1v) is 43.5. The van der Waals surface area contributed by atoms with Crippen molar-refractivity contribution in [2.75, 3.05) is 361 Å². The quantitative estimate of drug-likeness (QED) is 0.297. The van der Waals surface area contributed by atoms with E-state index in [9.17, 15) is 0 Å². The summed E-state index contributed by atoms with van der Waals surface area (Å²) in [6.45, 7) is 54.7. The summed E-state index contributed by atoms with van der Waals surface area (Å²) in [6.07, 6.45) is 30.0. The molecule has 2 aliphatic carbocycles. The van der Waals surface area contributed by atoms with E-state index >= 15 is 0 Å². The van der Waals surface area contributed by atoms with E-state index in [-0.39, 0.29) is 7.43 Å². The van der Waals surface area contributed by atoms with Gasteiger partial charge >= 0.3 is 0 Å². The van der Waals surface area contributed by atoms with Crippen LogP contribution in [-0.4, -0.2) is 473 Å². The van der Waals surface area contributed by atoms with Crippen LogP contribution in [0.2, 0.25) is 0 Å². The number of likely N-dealkylation sites (tertiary alicyclic amines) is 3. The number of morpholine rings is 1. The van der Waals surface area contributed by atoms with Gasteiger partial charge in [0.05, 0.1) is 13.2 Å². The lowest BCUT2D eigenvalue weighted by atomic mass is 9.91. The van der Waals surface area contributed by atoms with E-state index < -0.39 is 0 Å². The Morgan fingerprint density at radius 3 is 0.750 bits per heavy atom. The molecule has 16 aliphatic rings. The SMILES string of the molecule is C.CC1CCN(C)CC1.CC1CCNCC1.CN1CCCCC1.CN1CCCCCC1.CN1CCN(C)CC1.CN1CCN(C)CC1.CN1CCN(C)CC1.CN1CCN(C2CC2)CC1.CN1CCN(C2CCC2)CC1.CN1CCN2CCCC2C1.CN1CCN2CCCCC2C1.CN1CCOCC1. The van der Waals surface area contributed by atoms with Crippen LogP contribution in [0.5, 0.6) is 0 Å². The Hall–Kier alpha value is -0.800. The van der Waals surface area contributed by atoms with Gasteiger partial charge in [-0.05, 0) is 279 Å². The van der Waals surface area contributed by atoms with E-state index in [1.54, 1.807) is 0 Å². The van der Waals surface area contributed by atoms with Crippen LogP contribution in [0, 0.1) is 11.8 Å².